The van der Waals surface area contributed by atoms with Crippen LogP contribution in [0.15, 0.2) is 24.3 Å². The largest absolute Gasteiger partial charge is 0.479 e. The number of amides is 1. The average Bonchev–Trinajstić information content (AvgIpc) is 2.27. The molecule has 0 heterocycles. The van der Waals surface area contributed by atoms with Gasteiger partial charge in [-0.2, -0.15) is 0 Å². The van der Waals surface area contributed by atoms with E-state index in [9.17, 15) is 14.0 Å². The van der Waals surface area contributed by atoms with Crippen molar-refractivity contribution in [1.29, 1.82) is 0 Å². The van der Waals surface area contributed by atoms with Gasteiger partial charge in [0.25, 0.3) is 5.91 Å². The van der Waals surface area contributed by atoms with Crippen LogP contribution in [0.2, 0.25) is 0 Å². The summed E-state index contributed by atoms with van der Waals surface area (Å²) >= 11 is 0. The maximum atomic E-state index is 13.1. The first-order chi connectivity index (χ1) is 8.00. The van der Waals surface area contributed by atoms with Crippen molar-refractivity contribution in [2.75, 3.05) is 6.61 Å². The minimum absolute atomic E-state index is 0.0591. The van der Waals surface area contributed by atoms with Gasteiger partial charge in [-0.3, -0.25) is 4.79 Å². The number of nitrogens with two attached hydrogens (primary N) is 1. The highest BCUT2D eigenvalue weighted by Gasteiger charge is 2.15. The summed E-state index contributed by atoms with van der Waals surface area (Å²) in [5.74, 6) is -2.19. The number of benzene rings is 1. The van der Waals surface area contributed by atoms with E-state index < -0.39 is 30.4 Å². The van der Waals surface area contributed by atoms with E-state index >= 15 is 0 Å². The van der Waals surface area contributed by atoms with Crippen molar-refractivity contribution in [2.24, 2.45) is 5.73 Å². The van der Waals surface area contributed by atoms with Crippen LogP contribution in [0.1, 0.15) is 6.92 Å². The lowest BCUT2D eigenvalue weighted by molar-refractivity contribution is -0.155. The highest BCUT2D eigenvalue weighted by Crippen LogP contribution is 2.15. The van der Waals surface area contributed by atoms with Gasteiger partial charge in [-0.15, -0.1) is 0 Å². The Hall–Kier alpha value is -2.11. The first-order valence-electron chi connectivity index (χ1n) is 4.87. The molecule has 0 spiro atoms. The molecule has 1 aromatic carbocycles. The van der Waals surface area contributed by atoms with Crippen LogP contribution in [0.25, 0.3) is 0 Å². The lowest BCUT2D eigenvalue weighted by Gasteiger charge is -2.10. The Morgan fingerprint density at radius 3 is 2.65 bits per heavy atom. The van der Waals surface area contributed by atoms with Crippen molar-refractivity contribution in [3.05, 3.63) is 30.1 Å². The van der Waals surface area contributed by atoms with Crippen LogP contribution in [0, 0.1) is 5.82 Å². The highest BCUT2D eigenvalue weighted by molar-refractivity contribution is 5.82. The van der Waals surface area contributed by atoms with E-state index in [-0.39, 0.29) is 5.75 Å². The number of rotatable bonds is 5. The molecular weight excluding hydrogens is 229 g/mol. The third-order valence-electron chi connectivity index (χ3n) is 1.89. The second kappa shape index (κ2) is 5.83. The number of carbonyl (C=O) groups excluding carboxylic acids is 2. The van der Waals surface area contributed by atoms with Crippen LogP contribution in [0.5, 0.6) is 5.75 Å². The molecule has 92 valence electrons. The molecule has 0 aromatic heterocycles. The monoisotopic (exact) mass is 241 g/mol. The first kappa shape index (κ1) is 13.0. The summed E-state index contributed by atoms with van der Waals surface area (Å²) in [4.78, 5) is 21.8. The minimum Gasteiger partial charge on any atom is -0.479 e. The van der Waals surface area contributed by atoms with Gasteiger partial charge in [0.1, 0.15) is 0 Å². The van der Waals surface area contributed by atoms with Crippen molar-refractivity contribution >= 4 is 11.9 Å². The summed E-state index contributed by atoms with van der Waals surface area (Å²) in [6, 6.07) is 5.64. The summed E-state index contributed by atoms with van der Waals surface area (Å²) in [6.45, 7) is 0.849. The molecule has 0 radical (unpaired) electrons. The normalized spacial score (nSPS) is 11.6. The van der Waals surface area contributed by atoms with E-state index in [1.54, 1.807) is 6.07 Å². The molecule has 0 bridgehead atoms. The third-order valence-corrected chi connectivity index (χ3v) is 1.89. The Morgan fingerprint density at radius 2 is 2.06 bits per heavy atom. The van der Waals surface area contributed by atoms with E-state index in [0.29, 0.717) is 0 Å². The van der Waals surface area contributed by atoms with Crippen molar-refractivity contribution < 1.29 is 23.5 Å². The van der Waals surface area contributed by atoms with E-state index in [2.05, 4.69) is 4.74 Å². The molecule has 0 saturated heterocycles. The zero-order valence-corrected chi connectivity index (χ0v) is 9.18. The van der Waals surface area contributed by atoms with Crippen molar-refractivity contribution in [3.63, 3.8) is 0 Å². The van der Waals surface area contributed by atoms with Crippen molar-refractivity contribution in [3.8, 4) is 5.75 Å². The Bertz CT molecular complexity index is 422. The Labute approximate surface area is 97.3 Å². The Kier molecular flexibility index (Phi) is 4.45. The van der Waals surface area contributed by atoms with Gasteiger partial charge in [-0.05, 0) is 19.1 Å². The van der Waals surface area contributed by atoms with Crippen LogP contribution in [0.3, 0.4) is 0 Å². The molecule has 0 fully saturated rings. The standard InChI is InChI=1S/C11H12FNO4/c1-7(11(13)15)17-10(14)6-16-9-5-3-2-4-8(9)12/h2-5,7H,6H2,1H3,(H2,13,15)/t7-/m1/s1. The van der Waals surface area contributed by atoms with E-state index in [1.807, 2.05) is 0 Å². The number of halogens is 1. The van der Waals surface area contributed by atoms with Gasteiger partial charge < -0.3 is 15.2 Å². The van der Waals surface area contributed by atoms with Crippen LogP contribution >= 0.6 is 0 Å². The van der Waals surface area contributed by atoms with Gasteiger partial charge in [-0.25, -0.2) is 9.18 Å². The van der Waals surface area contributed by atoms with Crippen LogP contribution in [-0.4, -0.2) is 24.6 Å². The van der Waals surface area contributed by atoms with E-state index in [0.717, 1.165) is 0 Å². The molecule has 6 heteroatoms. The molecule has 2 N–H and O–H groups in total. The number of hydrogen-bond acceptors (Lipinski definition) is 4. The second-order valence-electron chi connectivity index (χ2n) is 3.25. The summed E-state index contributed by atoms with van der Waals surface area (Å²) in [5, 5.41) is 0. The average molecular weight is 241 g/mol. The molecule has 1 aromatic rings. The lowest BCUT2D eigenvalue weighted by atomic mass is 10.3. The predicted molar refractivity (Wildman–Crippen MR) is 56.6 cm³/mol. The quantitative estimate of drug-likeness (QED) is 0.766. The Morgan fingerprint density at radius 1 is 1.41 bits per heavy atom. The zero-order chi connectivity index (χ0) is 12.8. The highest BCUT2D eigenvalue weighted by atomic mass is 19.1. The van der Waals surface area contributed by atoms with Crippen molar-refractivity contribution in [1.82, 2.24) is 0 Å². The molecule has 1 rings (SSSR count). The van der Waals surface area contributed by atoms with E-state index in [1.165, 1.54) is 25.1 Å². The predicted octanol–water partition coefficient (Wildman–Crippen LogP) is 0.622. The van der Waals surface area contributed by atoms with Gasteiger partial charge in [0, 0.05) is 0 Å². The smallest absolute Gasteiger partial charge is 0.344 e. The van der Waals surface area contributed by atoms with Crippen molar-refractivity contribution in [2.45, 2.75) is 13.0 Å². The third kappa shape index (κ3) is 4.10. The molecule has 0 aliphatic rings. The minimum atomic E-state index is -1.04. The molecule has 1 amide bonds. The fourth-order valence-electron chi connectivity index (χ4n) is 0.988. The fraction of sp³-hybridized carbons (Fsp3) is 0.273. The van der Waals surface area contributed by atoms with Gasteiger partial charge >= 0.3 is 5.97 Å². The Balaban J connectivity index is 2.44. The molecule has 17 heavy (non-hydrogen) atoms. The lowest BCUT2D eigenvalue weighted by Crippen LogP contribution is -2.32. The molecule has 0 aliphatic heterocycles. The van der Waals surface area contributed by atoms with Crippen LogP contribution in [-0.2, 0) is 14.3 Å². The van der Waals surface area contributed by atoms with Crippen LogP contribution in [0.4, 0.5) is 4.39 Å². The molecule has 0 aliphatic carbocycles. The molecule has 1 atom stereocenters. The molecule has 0 unspecified atom stereocenters. The maximum absolute atomic E-state index is 13.1. The summed E-state index contributed by atoms with van der Waals surface area (Å²) in [7, 11) is 0. The van der Waals surface area contributed by atoms with Gasteiger partial charge in [0.2, 0.25) is 0 Å². The number of para-hydroxylation sites is 1. The van der Waals surface area contributed by atoms with E-state index in [4.69, 9.17) is 10.5 Å². The van der Waals surface area contributed by atoms with Gasteiger partial charge in [0.15, 0.2) is 24.3 Å². The maximum Gasteiger partial charge on any atom is 0.344 e. The number of ether oxygens (including phenoxy) is 2. The number of hydrogen-bond donors (Lipinski definition) is 1. The second-order valence-corrected chi connectivity index (χ2v) is 3.25. The zero-order valence-electron chi connectivity index (χ0n) is 9.18. The topological polar surface area (TPSA) is 78.6 Å². The number of primary amides is 1. The van der Waals surface area contributed by atoms with Crippen LogP contribution < -0.4 is 10.5 Å². The summed E-state index contributed by atoms with van der Waals surface area (Å²) in [6.07, 6.45) is -1.04. The number of carbonyl (C=O) groups is 2. The van der Waals surface area contributed by atoms with Gasteiger partial charge in [-0.1, -0.05) is 12.1 Å². The summed E-state index contributed by atoms with van der Waals surface area (Å²) < 4.78 is 22.6. The molecule has 0 saturated carbocycles. The molecular formula is C11H12FNO4. The summed E-state index contributed by atoms with van der Waals surface area (Å²) in [5.41, 5.74) is 4.90. The van der Waals surface area contributed by atoms with Gasteiger partial charge in [0.05, 0.1) is 0 Å². The molecule has 5 nitrogen and oxygen atoms in total. The SMILES string of the molecule is C[C@@H](OC(=O)COc1ccccc1F)C(N)=O. The number of esters is 1. The fourth-order valence-corrected chi connectivity index (χ4v) is 0.988. The first-order valence-corrected chi connectivity index (χ1v) is 4.87.